The molecule has 20 heavy (non-hydrogen) atoms. The van der Waals surface area contributed by atoms with Gasteiger partial charge in [-0.15, -0.1) is 0 Å². The largest absolute Gasteiger partial charge is 0.494 e. The van der Waals surface area contributed by atoms with Crippen molar-refractivity contribution in [2.45, 2.75) is 13.0 Å². The average molecular weight is 271 g/mol. The van der Waals surface area contributed by atoms with Gasteiger partial charge in [-0.2, -0.15) is 10.4 Å². The number of hydrogen-bond acceptors (Lipinski definition) is 5. The summed E-state index contributed by atoms with van der Waals surface area (Å²) in [7, 11) is 1.71. The maximum atomic E-state index is 9.02. The second-order valence-electron chi connectivity index (χ2n) is 4.21. The highest BCUT2D eigenvalue weighted by atomic mass is 16.5. The number of benzene rings is 1. The number of nitrogens with two attached hydrogens (primary N) is 1. The molecule has 2 rings (SSSR count). The van der Waals surface area contributed by atoms with Gasteiger partial charge in [-0.1, -0.05) is 18.2 Å². The van der Waals surface area contributed by atoms with Gasteiger partial charge in [-0.25, -0.2) is 4.68 Å². The molecule has 0 spiro atoms. The molecule has 0 aliphatic rings. The number of ether oxygens (including phenoxy) is 1. The van der Waals surface area contributed by atoms with Crippen LogP contribution in [0.2, 0.25) is 0 Å². The summed E-state index contributed by atoms with van der Waals surface area (Å²) in [4.78, 5) is 0. The van der Waals surface area contributed by atoms with Gasteiger partial charge in [0.25, 0.3) is 0 Å². The molecule has 3 N–H and O–H groups in total. The van der Waals surface area contributed by atoms with Gasteiger partial charge in [0, 0.05) is 20.0 Å². The highest BCUT2D eigenvalue weighted by Crippen LogP contribution is 2.20. The molecule has 6 nitrogen and oxygen atoms in total. The standard InChI is InChI=1S/C14H17N5O/c1-17-14-12(10-15)13(16)19(18-14)8-5-9-20-11-6-3-2-4-7-11/h2-4,6-7H,5,8-9,16H2,1H3,(H,17,18). The molecule has 0 amide bonds. The number of para-hydroxylation sites is 1. The van der Waals surface area contributed by atoms with Crippen molar-refractivity contribution in [3.05, 3.63) is 35.9 Å². The Hall–Kier alpha value is -2.68. The molecule has 0 saturated heterocycles. The SMILES string of the molecule is CNc1nn(CCCOc2ccccc2)c(N)c1C#N. The maximum absolute atomic E-state index is 9.02. The van der Waals surface area contributed by atoms with Crippen LogP contribution in [-0.4, -0.2) is 23.4 Å². The third kappa shape index (κ3) is 3.01. The van der Waals surface area contributed by atoms with E-state index in [0.29, 0.717) is 30.4 Å². The van der Waals surface area contributed by atoms with Crippen LogP contribution in [0.25, 0.3) is 0 Å². The van der Waals surface area contributed by atoms with Crippen molar-refractivity contribution in [3.63, 3.8) is 0 Å². The van der Waals surface area contributed by atoms with Gasteiger partial charge in [-0.3, -0.25) is 0 Å². The van der Waals surface area contributed by atoms with E-state index in [1.807, 2.05) is 36.4 Å². The zero-order valence-electron chi connectivity index (χ0n) is 11.3. The average Bonchev–Trinajstić information content (AvgIpc) is 2.80. The first kappa shape index (κ1) is 13.7. The van der Waals surface area contributed by atoms with Gasteiger partial charge in [0.1, 0.15) is 23.2 Å². The number of nitrogen functional groups attached to an aromatic ring is 1. The van der Waals surface area contributed by atoms with Gasteiger partial charge >= 0.3 is 0 Å². The zero-order valence-corrected chi connectivity index (χ0v) is 11.3. The Morgan fingerprint density at radius 2 is 2.15 bits per heavy atom. The number of anilines is 2. The monoisotopic (exact) mass is 271 g/mol. The second kappa shape index (κ2) is 6.48. The highest BCUT2D eigenvalue weighted by molar-refractivity contribution is 5.63. The molecular weight excluding hydrogens is 254 g/mol. The van der Waals surface area contributed by atoms with Crippen LogP contribution in [0.4, 0.5) is 11.6 Å². The molecule has 0 unspecified atom stereocenters. The predicted molar refractivity (Wildman–Crippen MR) is 77.5 cm³/mol. The number of aromatic nitrogens is 2. The van der Waals surface area contributed by atoms with Crippen molar-refractivity contribution in [1.82, 2.24) is 9.78 Å². The molecule has 0 aliphatic carbocycles. The summed E-state index contributed by atoms with van der Waals surface area (Å²) in [5, 5.41) is 16.1. The fraction of sp³-hybridized carbons (Fsp3) is 0.286. The van der Waals surface area contributed by atoms with Gasteiger partial charge in [0.15, 0.2) is 5.82 Å². The molecule has 1 heterocycles. The van der Waals surface area contributed by atoms with E-state index in [4.69, 9.17) is 15.7 Å². The smallest absolute Gasteiger partial charge is 0.168 e. The molecule has 6 heteroatoms. The Labute approximate surface area is 117 Å². The van der Waals surface area contributed by atoms with Crippen molar-refractivity contribution in [1.29, 1.82) is 5.26 Å². The Bertz CT molecular complexity index is 600. The minimum atomic E-state index is 0.386. The van der Waals surface area contributed by atoms with E-state index >= 15 is 0 Å². The Morgan fingerprint density at radius 1 is 1.40 bits per heavy atom. The summed E-state index contributed by atoms with van der Waals surface area (Å²) in [6.07, 6.45) is 0.759. The number of nitrogens with zero attached hydrogens (tertiary/aromatic N) is 3. The first-order valence-electron chi connectivity index (χ1n) is 6.38. The summed E-state index contributed by atoms with van der Waals surface area (Å²) in [6.45, 7) is 1.18. The van der Waals surface area contributed by atoms with Crippen molar-refractivity contribution in [2.75, 3.05) is 24.7 Å². The number of rotatable bonds is 6. The van der Waals surface area contributed by atoms with Crippen LogP contribution in [0.15, 0.2) is 30.3 Å². The summed E-state index contributed by atoms with van der Waals surface area (Å²) in [5.74, 6) is 1.74. The Balaban J connectivity index is 1.89. The lowest BCUT2D eigenvalue weighted by molar-refractivity contribution is 0.299. The van der Waals surface area contributed by atoms with E-state index in [2.05, 4.69) is 10.4 Å². The summed E-state index contributed by atoms with van der Waals surface area (Å²) < 4.78 is 7.22. The van der Waals surface area contributed by atoms with Gasteiger partial charge in [0.05, 0.1) is 6.61 Å². The first-order chi connectivity index (χ1) is 9.76. The maximum Gasteiger partial charge on any atom is 0.168 e. The third-order valence-electron chi connectivity index (χ3n) is 2.87. The van der Waals surface area contributed by atoms with E-state index in [1.165, 1.54) is 0 Å². The lowest BCUT2D eigenvalue weighted by Gasteiger charge is -2.06. The van der Waals surface area contributed by atoms with Crippen LogP contribution >= 0.6 is 0 Å². The lowest BCUT2D eigenvalue weighted by Crippen LogP contribution is -2.09. The molecule has 104 valence electrons. The molecule has 0 radical (unpaired) electrons. The van der Waals surface area contributed by atoms with E-state index in [1.54, 1.807) is 11.7 Å². The zero-order chi connectivity index (χ0) is 14.4. The molecule has 0 atom stereocenters. The fourth-order valence-corrected chi connectivity index (χ4v) is 1.85. The molecule has 0 bridgehead atoms. The lowest BCUT2D eigenvalue weighted by atomic mass is 10.3. The number of nitrogens with one attached hydrogen (secondary N) is 1. The van der Waals surface area contributed by atoms with Gasteiger partial charge < -0.3 is 15.8 Å². The van der Waals surface area contributed by atoms with Crippen LogP contribution in [0.5, 0.6) is 5.75 Å². The summed E-state index contributed by atoms with van der Waals surface area (Å²) in [6, 6.07) is 11.7. The first-order valence-corrected chi connectivity index (χ1v) is 6.38. The molecule has 0 fully saturated rings. The van der Waals surface area contributed by atoms with Gasteiger partial charge in [-0.05, 0) is 12.1 Å². The van der Waals surface area contributed by atoms with Gasteiger partial charge in [0.2, 0.25) is 0 Å². The quantitative estimate of drug-likeness (QED) is 0.783. The van der Waals surface area contributed by atoms with E-state index in [0.717, 1.165) is 12.2 Å². The summed E-state index contributed by atoms with van der Waals surface area (Å²) >= 11 is 0. The molecule has 0 aliphatic heterocycles. The normalized spacial score (nSPS) is 10.0. The minimum absolute atomic E-state index is 0.386. The number of nitriles is 1. The van der Waals surface area contributed by atoms with Crippen molar-refractivity contribution >= 4 is 11.6 Å². The minimum Gasteiger partial charge on any atom is -0.494 e. The van der Waals surface area contributed by atoms with Crippen molar-refractivity contribution in [2.24, 2.45) is 0 Å². The van der Waals surface area contributed by atoms with Crippen molar-refractivity contribution in [3.8, 4) is 11.8 Å². The Kier molecular flexibility index (Phi) is 4.45. The third-order valence-corrected chi connectivity index (χ3v) is 2.87. The topological polar surface area (TPSA) is 88.9 Å². The molecular formula is C14H17N5O. The molecule has 1 aromatic heterocycles. The second-order valence-corrected chi connectivity index (χ2v) is 4.21. The fourth-order valence-electron chi connectivity index (χ4n) is 1.85. The van der Waals surface area contributed by atoms with E-state index in [9.17, 15) is 0 Å². The van der Waals surface area contributed by atoms with E-state index in [-0.39, 0.29) is 0 Å². The van der Waals surface area contributed by atoms with Crippen molar-refractivity contribution < 1.29 is 4.74 Å². The van der Waals surface area contributed by atoms with Crippen LogP contribution in [0.1, 0.15) is 12.0 Å². The van der Waals surface area contributed by atoms with Crippen LogP contribution in [0.3, 0.4) is 0 Å². The van der Waals surface area contributed by atoms with E-state index < -0.39 is 0 Å². The van der Waals surface area contributed by atoms with Crippen LogP contribution in [-0.2, 0) is 6.54 Å². The number of hydrogen-bond donors (Lipinski definition) is 2. The Morgan fingerprint density at radius 3 is 2.75 bits per heavy atom. The predicted octanol–water partition coefficient (Wildman–Crippen LogP) is 1.85. The number of aryl methyl sites for hydroxylation is 1. The molecule has 2 aromatic rings. The molecule has 1 aromatic carbocycles. The van der Waals surface area contributed by atoms with Crippen LogP contribution in [0, 0.1) is 11.3 Å². The molecule has 0 saturated carbocycles. The summed E-state index contributed by atoms with van der Waals surface area (Å²) in [5.41, 5.74) is 6.27. The van der Waals surface area contributed by atoms with Crippen LogP contribution < -0.4 is 15.8 Å². The highest BCUT2D eigenvalue weighted by Gasteiger charge is 2.13.